The predicted molar refractivity (Wildman–Crippen MR) is 63.9 cm³/mol. The van der Waals surface area contributed by atoms with Gasteiger partial charge in [0.15, 0.2) is 0 Å². The quantitative estimate of drug-likeness (QED) is 0.724. The summed E-state index contributed by atoms with van der Waals surface area (Å²) in [7, 11) is 0. The predicted octanol–water partition coefficient (Wildman–Crippen LogP) is 4.94. The second-order valence-electron chi connectivity index (χ2n) is 4.21. The van der Waals surface area contributed by atoms with Gasteiger partial charge >= 0.3 is 6.18 Å². The Bertz CT molecular complexity index is 367. The molecule has 17 heavy (non-hydrogen) atoms. The fourth-order valence-corrected chi connectivity index (χ4v) is 3.20. The van der Waals surface area contributed by atoms with E-state index in [1.165, 1.54) is 12.1 Å². The normalized spacial score (nSPS) is 18.3. The van der Waals surface area contributed by atoms with Crippen LogP contribution in [0.15, 0.2) is 29.2 Å². The van der Waals surface area contributed by atoms with Crippen LogP contribution in [-0.2, 0) is 6.18 Å². The van der Waals surface area contributed by atoms with Gasteiger partial charge in [-0.05, 0) is 50.3 Å². The molecule has 1 aromatic rings. The van der Waals surface area contributed by atoms with Gasteiger partial charge in [-0.3, -0.25) is 0 Å². The summed E-state index contributed by atoms with van der Waals surface area (Å²) in [6.07, 6.45) is 2.31. The van der Waals surface area contributed by atoms with E-state index in [1.807, 2.05) is 0 Å². The molecule has 0 heterocycles. The highest BCUT2D eigenvalue weighted by Crippen LogP contribution is 2.36. The van der Waals surface area contributed by atoms with Crippen LogP contribution in [0, 0.1) is 6.42 Å². The van der Waals surface area contributed by atoms with Crippen LogP contribution in [-0.4, -0.2) is 5.25 Å². The molecule has 0 saturated heterocycles. The number of hydrogen-bond donors (Lipinski definition) is 0. The average Bonchev–Trinajstić information content (AvgIpc) is 2.29. The van der Waals surface area contributed by atoms with Crippen molar-refractivity contribution in [1.29, 1.82) is 0 Å². The van der Waals surface area contributed by atoms with Crippen LogP contribution in [0.1, 0.15) is 31.2 Å². The second kappa shape index (κ2) is 5.34. The van der Waals surface area contributed by atoms with E-state index in [0.717, 1.165) is 36.6 Å². The third-order valence-corrected chi connectivity index (χ3v) is 4.18. The highest BCUT2D eigenvalue weighted by Gasteiger charge is 2.30. The van der Waals surface area contributed by atoms with Crippen LogP contribution < -0.4 is 0 Å². The molecule has 4 heteroatoms. The lowest BCUT2D eigenvalue weighted by Gasteiger charge is -2.21. The van der Waals surface area contributed by atoms with E-state index < -0.39 is 11.7 Å². The fourth-order valence-electron chi connectivity index (χ4n) is 1.95. The molecule has 0 nitrogen and oxygen atoms in total. The summed E-state index contributed by atoms with van der Waals surface area (Å²) in [5.74, 6) is 0. The highest BCUT2D eigenvalue weighted by atomic mass is 32.2. The maximum absolute atomic E-state index is 12.5. The van der Waals surface area contributed by atoms with Crippen molar-refractivity contribution in [2.45, 2.75) is 42.0 Å². The summed E-state index contributed by atoms with van der Waals surface area (Å²) in [6, 6.07) is 5.63. The molecule has 1 aromatic carbocycles. The zero-order valence-corrected chi connectivity index (χ0v) is 10.2. The van der Waals surface area contributed by atoms with Crippen molar-refractivity contribution in [1.82, 2.24) is 0 Å². The Morgan fingerprint density at radius 2 is 1.82 bits per heavy atom. The Hall–Kier alpha value is -0.640. The number of halogens is 3. The lowest BCUT2D eigenvalue weighted by molar-refractivity contribution is -0.137. The van der Waals surface area contributed by atoms with Gasteiger partial charge in [0.05, 0.1) is 5.56 Å². The summed E-state index contributed by atoms with van der Waals surface area (Å²) in [6.45, 7) is 0. The third-order valence-electron chi connectivity index (χ3n) is 2.85. The fraction of sp³-hybridized carbons (Fsp3) is 0.462. The first-order valence-electron chi connectivity index (χ1n) is 5.71. The highest BCUT2D eigenvalue weighted by molar-refractivity contribution is 8.00. The number of benzene rings is 1. The van der Waals surface area contributed by atoms with E-state index in [4.69, 9.17) is 0 Å². The SMILES string of the molecule is FC(F)(F)c1cccc(SC2CC[CH]CC2)c1. The Labute approximate surface area is 104 Å². The largest absolute Gasteiger partial charge is 0.416 e. The minimum Gasteiger partial charge on any atom is -0.166 e. The Balaban J connectivity index is 2.05. The van der Waals surface area contributed by atoms with Crippen LogP contribution in [0.5, 0.6) is 0 Å². The van der Waals surface area contributed by atoms with Crippen molar-refractivity contribution in [3.8, 4) is 0 Å². The van der Waals surface area contributed by atoms with Crippen molar-refractivity contribution in [3.63, 3.8) is 0 Å². The Morgan fingerprint density at radius 3 is 2.47 bits per heavy atom. The average molecular weight is 259 g/mol. The standard InChI is InChI=1S/C13H14F3S/c14-13(15,16)10-5-4-8-12(9-10)17-11-6-2-1-3-7-11/h1,4-5,8-9,11H,2-3,6-7H2. The van der Waals surface area contributed by atoms with E-state index in [2.05, 4.69) is 6.42 Å². The summed E-state index contributed by atoms with van der Waals surface area (Å²) in [4.78, 5) is 0.728. The maximum Gasteiger partial charge on any atom is 0.416 e. The Morgan fingerprint density at radius 1 is 1.12 bits per heavy atom. The molecule has 1 fully saturated rings. The molecule has 1 aliphatic carbocycles. The van der Waals surface area contributed by atoms with Gasteiger partial charge in [-0.1, -0.05) is 6.07 Å². The van der Waals surface area contributed by atoms with Gasteiger partial charge in [0, 0.05) is 10.1 Å². The molecule has 1 saturated carbocycles. The van der Waals surface area contributed by atoms with Crippen molar-refractivity contribution in [2.75, 3.05) is 0 Å². The van der Waals surface area contributed by atoms with Gasteiger partial charge in [0.1, 0.15) is 0 Å². The number of hydrogen-bond acceptors (Lipinski definition) is 1. The van der Waals surface area contributed by atoms with Crippen LogP contribution in [0.4, 0.5) is 13.2 Å². The molecular weight excluding hydrogens is 245 g/mol. The lowest BCUT2D eigenvalue weighted by atomic mass is 10.0. The van der Waals surface area contributed by atoms with Gasteiger partial charge in [0.2, 0.25) is 0 Å². The van der Waals surface area contributed by atoms with Gasteiger partial charge < -0.3 is 0 Å². The third kappa shape index (κ3) is 3.66. The minimum absolute atomic E-state index is 0.462. The topological polar surface area (TPSA) is 0 Å². The molecule has 1 aliphatic rings. The van der Waals surface area contributed by atoms with Crippen LogP contribution in [0.25, 0.3) is 0 Å². The van der Waals surface area contributed by atoms with E-state index in [0.29, 0.717) is 5.25 Å². The molecule has 0 bridgehead atoms. The van der Waals surface area contributed by atoms with Gasteiger partial charge in [-0.15, -0.1) is 11.8 Å². The van der Waals surface area contributed by atoms with Gasteiger partial charge in [0.25, 0.3) is 0 Å². The number of alkyl halides is 3. The molecule has 0 N–H and O–H groups in total. The van der Waals surface area contributed by atoms with Gasteiger partial charge in [-0.2, -0.15) is 13.2 Å². The first-order valence-corrected chi connectivity index (χ1v) is 6.59. The number of rotatable bonds is 2. The van der Waals surface area contributed by atoms with Crippen LogP contribution >= 0.6 is 11.8 Å². The lowest BCUT2D eigenvalue weighted by Crippen LogP contribution is -2.09. The maximum atomic E-state index is 12.5. The molecule has 0 spiro atoms. The molecule has 0 aromatic heterocycles. The Kier molecular flexibility index (Phi) is 4.02. The first-order chi connectivity index (χ1) is 8.05. The van der Waals surface area contributed by atoms with E-state index in [9.17, 15) is 13.2 Å². The molecule has 0 atom stereocenters. The summed E-state index contributed by atoms with van der Waals surface area (Å²) in [5.41, 5.74) is -0.551. The van der Waals surface area contributed by atoms with Crippen molar-refractivity contribution in [2.24, 2.45) is 0 Å². The first kappa shape index (κ1) is 12.8. The molecule has 2 rings (SSSR count). The molecule has 0 unspecified atom stereocenters. The smallest absolute Gasteiger partial charge is 0.166 e. The summed E-state index contributed by atoms with van der Waals surface area (Å²) >= 11 is 1.57. The van der Waals surface area contributed by atoms with Crippen LogP contribution in [0.3, 0.4) is 0 Å². The summed E-state index contributed by atoms with van der Waals surface area (Å²) in [5, 5.41) is 0.462. The van der Waals surface area contributed by atoms with Crippen LogP contribution in [0.2, 0.25) is 0 Å². The van der Waals surface area contributed by atoms with E-state index in [-0.39, 0.29) is 0 Å². The molecule has 93 valence electrons. The molecule has 1 radical (unpaired) electrons. The zero-order chi connectivity index (χ0) is 12.3. The summed E-state index contributed by atoms with van der Waals surface area (Å²) < 4.78 is 37.6. The molecule has 0 amide bonds. The van der Waals surface area contributed by atoms with Crippen molar-refractivity contribution < 1.29 is 13.2 Å². The molecule has 0 aliphatic heterocycles. The van der Waals surface area contributed by atoms with E-state index >= 15 is 0 Å². The second-order valence-corrected chi connectivity index (χ2v) is 5.58. The van der Waals surface area contributed by atoms with E-state index in [1.54, 1.807) is 17.8 Å². The van der Waals surface area contributed by atoms with Crippen molar-refractivity contribution in [3.05, 3.63) is 36.2 Å². The molecular formula is C13H14F3S. The van der Waals surface area contributed by atoms with Gasteiger partial charge in [-0.25, -0.2) is 0 Å². The zero-order valence-electron chi connectivity index (χ0n) is 9.33. The van der Waals surface area contributed by atoms with Crippen molar-refractivity contribution >= 4 is 11.8 Å². The monoisotopic (exact) mass is 259 g/mol. The number of thioether (sulfide) groups is 1. The minimum atomic E-state index is -4.24.